The number of rotatable bonds is 5. The second-order valence-electron chi connectivity index (χ2n) is 5.91. The Kier molecular flexibility index (Phi) is 4.25. The number of halogens is 1. The van der Waals surface area contributed by atoms with E-state index in [1.54, 1.807) is 18.3 Å². The van der Waals surface area contributed by atoms with Gasteiger partial charge in [0, 0.05) is 23.1 Å². The summed E-state index contributed by atoms with van der Waals surface area (Å²) in [7, 11) is 0. The first-order valence-corrected chi connectivity index (χ1v) is 8.26. The number of anilines is 3. The van der Waals surface area contributed by atoms with E-state index in [2.05, 4.69) is 32.2 Å². The molecular weight excluding hydrogens is 345 g/mol. The van der Waals surface area contributed by atoms with Crippen LogP contribution in [0.1, 0.15) is 11.3 Å². The summed E-state index contributed by atoms with van der Waals surface area (Å²) < 4.78 is 18.6. The molecule has 0 atom stereocenters. The molecule has 7 heteroatoms. The zero-order valence-electron chi connectivity index (χ0n) is 14.5. The largest absolute Gasteiger partial charge is 0.423 e. The Morgan fingerprint density at radius 2 is 1.85 bits per heavy atom. The molecule has 4 rings (SSSR count). The van der Waals surface area contributed by atoms with Crippen LogP contribution in [0.3, 0.4) is 0 Å². The maximum absolute atomic E-state index is 13.0. The molecule has 0 radical (unpaired) electrons. The number of para-hydroxylation sites is 2. The molecule has 2 aromatic heterocycles. The van der Waals surface area contributed by atoms with Crippen molar-refractivity contribution in [1.82, 2.24) is 15.0 Å². The van der Waals surface area contributed by atoms with Crippen LogP contribution in [0.2, 0.25) is 0 Å². The van der Waals surface area contributed by atoms with Crippen LogP contribution in [0, 0.1) is 12.7 Å². The third-order valence-electron chi connectivity index (χ3n) is 3.96. The number of nitrogens with one attached hydrogen (secondary N) is 2. The molecule has 27 heavy (non-hydrogen) atoms. The summed E-state index contributed by atoms with van der Waals surface area (Å²) in [5.74, 6) is 0.0812. The molecule has 0 fully saturated rings. The van der Waals surface area contributed by atoms with Crippen LogP contribution in [0.15, 0.2) is 65.7 Å². The van der Waals surface area contributed by atoms with Crippen molar-refractivity contribution in [2.24, 2.45) is 0 Å². The maximum atomic E-state index is 13.0. The number of aryl methyl sites for hydroxylation is 1. The van der Waals surface area contributed by atoms with Crippen molar-refractivity contribution in [3.05, 3.63) is 78.4 Å². The molecule has 0 amide bonds. The minimum absolute atomic E-state index is 0.291. The smallest absolute Gasteiger partial charge is 0.302 e. The molecule has 0 unspecified atom stereocenters. The minimum Gasteiger partial charge on any atom is -0.423 e. The van der Waals surface area contributed by atoms with Gasteiger partial charge in [-0.3, -0.25) is 5.32 Å². The summed E-state index contributed by atoms with van der Waals surface area (Å²) >= 11 is 0. The number of nitrogens with zero attached hydrogens (tertiary/aromatic N) is 3. The topological polar surface area (TPSA) is 75.9 Å². The molecule has 4 aromatic rings. The van der Waals surface area contributed by atoms with Crippen LogP contribution in [0.25, 0.3) is 16.8 Å². The van der Waals surface area contributed by atoms with Gasteiger partial charge in [0.2, 0.25) is 5.95 Å². The van der Waals surface area contributed by atoms with E-state index in [1.165, 1.54) is 12.1 Å². The Balaban J connectivity index is 1.51. The zero-order chi connectivity index (χ0) is 18.8. The van der Waals surface area contributed by atoms with Crippen molar-refractivity contribution < 1.29 is 8.81 Å². The molecule has 0 saturated carbocycles. The molecule has 0 saturated heterocycles. The lowest BCUT2D eigenvalue weighted by atomic mass is 10.2. The Morgan fingerprint density at radius 3 is 2.59 bits per heavy atom. The average molecular weight is 361 g/mol. The normalized spacial score (nSPS) is 10.7. The fourth-order valence-electron chi connectivity index (χ4n) is 2.62. The molecule has 2 aromatic carbocycles. The maximum Gasteiger partial charge on any atom is 0.302 e. The zero-order valence-corrected chi connectivity index (χ0v) is 14.5. The Bertz CT molecular complexity index is 1090. The molecule has 0 bridgehead atoms. The van der Waals surface area contributed by atoms with Gasteiger partial charge in [0.1, 0.15) is 11.3 Å². The molecule has 134 valence electrons. The van der Waals surface area contributed by atoms with Gasteiger partial charge in [-0.25, -0.2) is 14.4 Å². The fourth-order valence-corrected chi connectivity index (χ4v) is 2.62. The highest BCUT2D eigenvalue weighted by Gasteiger charge is 2.10. The molecule has 0 aliphatic carbocycles. The molecule has 0 aliphatic rings. The number of oxazole rings is 1. The van der Waals surface area contributed by atoms with Crippen molar-refractivity contribution >= 4 is 34.4 Å². The van der Waals surface area contributed by atoms with E-state index in [0.29, 0.717) is 23.2 Å². The standard InChI is InChI=1S/C20H16FN5O/c1-12(23-15-9-7-14(21)8-10-15)16-11-22-19(24-13(16)2)26-20-25-17-5-3-4-6-18(17)27-20/h3-11,23H,1H2,2H3,(H,22,24,25,26). The van der Waals surface area contributed by atoms with Crippen molar-refractivity contribution in [3.8, 4) is 0 Å². The first-order valence-electron chi connectivity index (χ1n) is 8.26. The van der Waals surface area contributed by atoms with E-state index >= 15 is 0 Å². The van der Waals surface area contributed by atoms with Crippen LogP contribution in [-0.2, 0) is 0 Å². The van der Waals surface area contributed by atoms with Gasteiger partial charge in [-0.2, -0.15) is 4.98 Å². The van der Waals surface area contributed by atoms with E-state index in [4.69, 9.17) is 4.42 Å². The first-order chi connectivity index (χ1) is 13.1. The van der Waals surface area contributed by atoms with E-state index in [0.717, 1.165) is 22.5 Å². The van der Waals surface area contributed by atoms with Gasteiger partial charge in [0.05, 0.1) is 5.69 Å². The van der Waals surface area contributed by atoms with Gasteiger partial charge in [0.15, 0.2) is 5.58 Å². The molecule has 2 N–H and O–H groups in total. The fraction of sp³-hybridized carbons (Fsp3) is 0.0500. The van der Waals surface area contributed by atoms with Crippen LogP contribution in [0.4, 0.5) is 22.0 Å². The molecule has 0 spiro atoms. The number of aromatic nitrogens is 3. The molecule has 0 aliphatic heterocycles. The van der Waals surface area contributed by atoms with E-state index < -0.39 is 0 Å². The van der Waals surface area contributed by atoms with E-state index in [-0.39, 0.29) is 5.82 Å². The van der Waals surface area contributed by atoms with E-state index in [9.17, 15) is 4.39 Å². The van der Waals surface area contributed by atoms with Crippen molar-refractivity contribution in [3.63, 3.8) is 0 Å². The summed E-state index contributed by atoms with van der Waals surface area (Å²) in [4.78, 5) is 13.1. The summed E-state index contributed by atoms with van der Waals surface area (Å²) in [6.07, 6.45) is 1.66. The summed E-state index contributed by atoms with van der Waals surface area (Å²) in [6.45, 7) is 5.86. The van der Waals surface area contributed by atoms with Gasteiger partial charge in [-0.15, -0.1) is 0 Å². The monoisotopic (exact) mass is 361 g/mol. The summed E-state index contributed by atoms with van der Waals surface area (Å²) in [6, 6.07) is 13.8. The van der Waals surface area contributed by atoms with Gasteiger partial charge in [0.25, 0.3) is 0 Å². The Hall–Kier alpha value is -3.74. The average Bonchev–Trinajstić information content (AvgIpc) is 3.06. The van der Waals surface area contributed by atoms with E-state index in [1.807, 2.05) is 31.2 Å². The molecular formula is C20H16FN5O. The van der Waals surface area contributed by atoms with Gasteiger partial charge in [-0.1, -0.05) is 18.7 Å². The van der Waals surface area contributed by atoms with Crippen LogP contribution in [-0.4, -0.2) is 15.0 Å². The third-order valence-corrected chi connectivity index (χ3v) is 3.96. The third kappa shape index (κ3) is 3.62. The van der Waals surface area contributed by atoms with Crippen LogP contribution in [0.5, 0.6) is 0 Å². The predicted molar refractivity (Wildman–Crippen MR) is 103 cm³/mol. The number of hydrogen-bond acceptors (Lipinski definition) is 6. The highest BCUT2D eigenvalue weighted by Crippen LogP contribution is 2.23. The van der Waals surface area contributed by atoms with Crippen molar-refractivity contribution in [2.45, 2.75) is 6.92 Å². The van der Waals surface area contributed by atoms with Gasteiger partial charge in [-0.05, 0) is 43.3 Å². The van der Waals surface area contributed by atoms with Crippen LogP contribution >= 0.6 is 0 Å². The second kappa shape index (κ2) is 6.87. The lowest BCUT2D eigenvalue weighted by molar-refractivity contribution is 0.621. The number of benzene rings is 2. The number of fused-ring (bicyclic) bond motifs is 1. The SMILES string of the molecule is C=C(Nc1ccc(F)cc1)c1cnc(Nc2nc3ccccc3o2)nc1C. The number of hydrogen-bond donors (Lipinski definition) is 2. The highest BCUT2D eigenvalue weighted by molar-refractivity contribution is 5.76. The van der Waals surface area contributed by atoms with Crippen LogP contribution < -0.4 is 10.6 Å². The van der Waals surface area contributed by atoms with Crippen molar-refractivity contribution in [1.29, 1.82) is 0 Å². The van der Waals surface area contributed by atoms with Gasteiger partial charge >= 0.3 is 6.01 Å². The highest BCUT2D eigenvalue weighted by atomic mass is 19.1. The lowest BCUT2D eigenvalue weighted by Crippen LogP contribution is -2.05. The molecule has 6 nitrogen and oxygen atoms in total. The predicted octanol–water partition coefficient (Wildman–Crippen LogP) is 4.89. The quantitative estimate of drug-likeness (QED) is 0.527. The minimum atomic E-state index is -0.291. The molecule has 2 heterocycles. The van der Waals surface area contributed by atoms with Crippen molar-refractivity contribution in [2.75, 3.05) is 10.6 Å². The first kappa shape index (κ1) is 16.7. The Labute approximate surface area is 154 Å². The second-order valence-corrected chi connectivity index (χ2v) is 5.91. The lowest BCUT2D eigenvalue weighted by Gasteiger charge is -2.12. The Morgan fingerprint density at radius 1 is 1.07 bits per heavy atom. The van der Waals surface area contributed by atoms with Gasteiger partial charge < -0.3 is 9.73 Å². The summed E-state index contributed by atoms with van der Waals surface area (Å²) in [5, 5.41) is 6.09. The summed E-state index contributed by atoms with van der Waals surface area (Å²) in [5.41, 5.74) is 4.27.